The van der Waals surface area contributed by atoms with Crippen molar-refractivity contribution >= 4 is 16.0 Å². The number of sulfonamides is 1. The highest BCUT2D eigenvalue weighted by Gasteiger charge is 2.29. The summed E-state index contributed by atoms with van der Waals surface area (Å²) in [7, 11) is -3.94. The van der Waals surface area contributed by atoms with Crippen LogP contribution < -0.4 is 4.72 Å². The van der Waals surface area contributed by atoms with Crippen molar-refractivity contribution < 1.29 is 22.8 Å². The Balaban J connectivity index is 2.98. The number of carboxylic acids is 1. The zero-order valence-electron chi connectivity index (χ0n) is 11.1. The van der Waals surface area contributed by atoms with Crippen LogP contribution in [0.4, 0.5) is 0 Å². The maximum absolute atomic E-state index is 12.1. The molecule has 0 bridgehead atoms. The van der Waals surface area contributed by atoms with E-state index in [-0.39, 0.29) is 22.8 Å². The lowest BCUT2D eigenvalue weighted by atomic mass is 10.1. The van der Waals surface area contributed by atoms with Crippen LogP contribution in [0.25, 0.3) is 0 Å². The molecule has 0 aliphatic heterocycles. The molecule has 1 aromatic rings. The second-order valence-corrected chi connectivity index (χ2v) is 5.96. The number of aryl methyl sites for hydroxylation is 2. The summed E-state index contributed by atoms with van der Waals surface area (Å²) in [5.74, 6) is -1.05. The number of hydrogen-bond acceptors (Lipinski definition) is 5. The number of carbonyl (C=O) groups is 1. The molecular formula is C11H18N2O5S. The van der Waals surface area contributed by atoms with E-state index in [1.807, 2.05) is 6.92 Å². The van der Waals surface area contributed by atoms with Gasteiger partial charge in [0.15, 0.2) is 5.76 Å². The van der Waals surface area contributed by atoms with Crippen molar-refractivity contribution in [2.75, 3.05) is 0 Å². The highest BCUT2D eigenvalue weighted by atomic mass is 32.2. The number of aromatic nitrogens is 1. The van der Waals surface area contributed by atoms with E-state index in [0.29, 0.717) is 6.42 Å². The van der Waals surface area contributed by atoms with E-state index in [9.17, 15) is 13.2 Å². The molecule has 7 nitrogen and oxygen atoms in total. The predicted octanol–water partition coefficient (Wildman–Crippen LogP) is 1.21. The standard InChI is InChI=1S/C11H18N2O5S/c1-4-5-6-9(11(14)15)13-19(16,17)10-7(2)12-18-8(10)3/h9,13H,4-6H2,1-3H3,(H,14,15)/t9-/m0/s1. The van der Waals surface area contributed by atoms with Gasteiger partial charge in [-0.05, 0) is 20.3 Å². The van der Waals surface area contributed by atoms with Gasteiger partial charge >= 0.3 is 5.97 Å². The van der Waals surface area contributed by atoms with Crippen LogP contribution in [0.15, 0.2) is 9.42 Å². The van der Waals surface area contributed by atoms with Crippen LogP contribution >= 0.6 is 0 Å². The van der Waals surface area contributed by atoms with Crippen molar-refractivity contribution in [3.05, 3.63) is 11.5 Å². The average Bonchev–Trinajstić information content (AvgIpc) is 2.64. The maximum atomic E-state index is 12.1. The van der Waals surface area contributed by atoms with E-state index < -0.39 is 22.0 Å². The van der Waals surface area contributed by atoms with Gasteiger partial charge in [0.1, 0.15) is 16.6 Å². The van der Waals surface area contributed by atoms with Gasteiger partial charge in [0.25, 0.3) is 0 Å². The minimum Gasteiger partial charge on any atom is -0.480 e. The van der Waals surface area contributed by atoms with Crippen LogP contribution in [0.2, 0.25) is 0 Å². The van der Waals surface area contributed by atoms with Crippen LogP contribution in [0, 0.1) is 13.8 Å². The van der Waals surface area contributed by atoms with Crippen LogP contribution in [-0.4, -0.2) is 30.7 Å². The summed E-state index contributed by atoms with van der Waals surface area (Å²) in [6, 6.07) is -1.14. The molecule has 0 aromatic carbocycles. The SMILES string of the molecule is CCCC[C@H](NS(=O)(=O)c1c(C)noc1C)C(=O)O. The highest BCUT2D eigenvalue weighted by Crippen LogP contribution is 2.19. The van der Waals surface area contributed by atoms with Crippen LogP contribution in [-0.2, 0) is 14.8 Å². The molecule has 1 rings (SSSR count). The van der Waals surface area contributed by atoms with E-state index in [1.165, 1.54) is 13.8 Å². The minimum absolute atomic E-state index is 0.0877. The van der Waals surface area contributed by atoms with Crippen molar-refractivity contribution in [3.8, 4) is 0 Å². The summed E-state index contributed by atoms with van der Waals surface area (Å²) in [6.07, 6.45) is 1.66. The molecule has 1 aromatic heterocycles. The van der Waals surface area contributed by atoms with Gasteiger partial charge in [-0.2, -0.15) is 4.72 Å². The monoisotopic (exact) mass is 290 g/mol. The Bertz CT molecular complexity index is 530. The molecule has 0 unspecified atom stereocenters. The number of rotatable bonds is 7. The Morgan fingerprint density at radius 2 is 2.11 bits per heavy atom. The first kappa shape index (κ1) is 15.6. The van der Waals surface area contributed by atoms with Gasteiger partial charge in [0.05, 0.1) is 0 Å². The lowest BCUT2D eigenvalue weighted by Gasteiger charge is -2.14. The molecule has 108 valence electrons. The van der Waals surface area contributed by atoms with Crippen molar-refractivity contribution in [2.45, 2.75) is 51.0 Å². The first-order valence-electron chi connectivity index (χ1n) is 5.97. The maximum Gasteiger partial charge on any atom is 0.321 e. The fourth-order valence-corrected chi connectivity index (χ4v) is 3.30. The average molecular weight is 290 g/mol. The molecule has 8 heteroatoms. The predicted molar refractivity (Wildman–Crippen MR) is 67.2 cm³/mol. The molecule has 0 saturated heterocycles. The zero-order chi connectivity index (χ0) is 14.6. The number of hydrogen-bond donors (Lipinski definition) is 2. The highest BCUT2D eigenvalue weighted by molar-refractivity contribution is 7.89. The van der Waals surface area contributed by atoms with Crippen LogP contribution in [0.3, 0.4) is 0 Å². The van der Waals surface area contributed by atoms with Crippen molar-refractivity contribution in [1.82, 2.24) is 9.88 Å². The second kappa shape index (κ2) is 6.16. The molecule has 0 saturated carbocycles. The molecule has 0 radical (unpaired) electrons. The minimum atomic E-state index is -3.94. The van der Waals surface area contributed by atoms with Crippen molar-refractivity contribution in [1.29, 1.82) is 0 Å². The topological polar surface area (TPSA) is 110 Å². The van der Waals surface area contributed by atoms with Gasteiger partial charge in [-0.25, -0.2) is 8.42 Å². The van der Waals surface area contributed by atoms with Gasteiger partial charge < -0.3 is 9.63 Å². The normalized spacial score (nSPS) is 13.4. The van der Waals surface area contributed by atoms with Crippen molar-refractivity contribution in [2.24, 2.45) is 0 Å². The number of aliphatic carboxylic acids is 1. The van der Waals surface area contributed by atoms with Gasteiger partial charge in [-0.3, -0.25) is 4.79 Å². The number of nitrogens with zero attached hydrogens (tertiary/aromatic N) is 1. The molecule has 0 fully saturated rings. The molecule has 1 heterocycles. The Morgan fingerprint density at radius 3 is 2.53 bits per heavy atom. The van der Waals surface area contributed by atoms with Crippen LogP contribution in [0.1, 0.15) is 37.6 Å². The number of nitrogens with one attached hydrogen (secondary N) is 1. The molecule has 0 amide bonds. The Hall–Kier alpha value is -1.41. The third-order valence-corrected chi connectivity index (χ3v) is 4.39. The van der Waals surface area contributed by atoms with Crippen molar-refractivity contribution in [3.63, 3.8) is 0 Å². The number of carboxylic acid groups (broad SMARTS) is 1. The molecule has 0 aliphatic rings. The van der Waals surface area contributed by atoms with Crippen LogP contribution in [0.5, 0.6) is 0 Å². The van der Waals surface area contributed by atoms with Gasteiger partial charge in [0, 0.05) is 0 Å². The Kier molecular flexibility index (Phi) is 5.07. The summed E-state index contributed by atoms with van der Waals surface area (Å²) >= 11 is 0. The summed E-state index contributed by atoms with van der Waals surface area (Å²) in [4.78, 5) is 11.0. The van der Waals surface area contributed by atoms with Gasteiger partial charge in [-0.15, -0.1) is 0 Å². The number of unbranched alkanes of at least 4 members (excludes halogenated alkanes) is 1. The molecule has 1 atom stereocenters. The van der Waals surface area contributed by atoms with E-state index in [2.05, 4.69) is 9.88 Å². The summed E-state index contributed by atoms with van der Waals surface area (Å²) in [5, 5.41) is 12.6. The lowest BCUT2D eigenvalue weighted by molar-refractivity contribution is -0.139. The summed E-state index contributed by atoms with van der Waals surface area (Å²) in [6.45, 7) is 4.87. The van der Waals surface area contributed by atoms with Gasteiger partial charge in [-0.1, -0.05) is 24.9 Å². The first-order chi connectivity index (χ1) is 8.79. The van der Waals surface area contributed by atoms with E-state index in [1.54, 1.807) is 0 Å². The zero-order valence-corrected chi connectivity index (χ0v) is 12.0. The third-order valence-electron chi connectivity index (χ3n) is 2.68. The Labute approximate surface area is 112 Å². The quantitative estimate of drug-likeness (QED) is 0.781. The largest absolute Gasteiger partial charge is 0.480 e. The van der Waals surface area contributed by atoms with Gasteiger partial charge in [0.2, 0.25) is 10.0 Å². The molecule has 0 spiro atoms. The smallest absolute Gasteiger partial charge is 0.321 e. The fraction of sp³-hybridized carbons (Fsp3) is 0.636. The second-order valence-electron chi connectivity index (χ2n) is 4.31. The molecule has 19 heavy (non-hydrogen) atoms. The van der Waals surface area contributed by atoms with E-state index in [4.69, 9.17) is 9.63 Å². The summed E-state index contributed by atoms with van der Waals surface area (Å²) in [5.41, 5.74) is 0.213. The molecule has 2 N–H and O–H groups in total. The third kappa shape index (κ3) is 3.77. The molecule has 0 aliphatic carbocycles. The fourth-order valence-electron chi connectivity index (χ4n) is 1.75. The van der Waals surface area contributed by atoms with E-state index >= 15 is 0 Å². The summed E-state index contributed by atoms with van der Waals surface area (Å²) < 4.78 is 31.2. The lowest BCUT2D eigenvalue weighted by Crippen LogP contribution is -2.40. The molecular weight excluding hydrogens is 272 g/mol. The first-order valence-corrected chi connectivity index (χ1v) is 7.46. The van der Waals surface area contributed by atoms with E-state index in [0.717, 1.165) is 6.42 Å². The Morgan fingerprint density at radius 1 is 1.47 bits per heavy atom.